The molecule has 116 valence electrons. The zero-order valence-electron chi connectivity index (χ0n) is 13.3. The Morgan fingerprint density at radius 2 is 1.90 bits per heavy atom. The zero-order chi connectivity index (χ0) is 14.7. The lowest BCUT2D eigenvalue weighted by molar-refractivity contribution is -0.106. The molecule has 1 atom stereocenters. The molecule has 1 aromatic carbocycles. The lowest BCUT2D eigenvalue weighted by Gasteiger charge is -2.47. The van der Waals surface area contributed by atoms with Crippen molar-refractivity contribution < 1.29 is 4.74 Å². The van der Waals surface area contributed by atoms with Crippen molar-refractivity contribution in [2.45, 2.75) is 38.3 Å². The number of morpholine rings is 1. The second-order valence-corrected chi connectivity index (χ2v) is 7.12. The molecule has 2 aliphatic heterocycles. The number of benzene rings is 1. The van der Waals surface area contributed by atoms with E-state index in [0.717, 1.165) is 19.1 Å². The second kappa shape index (κ2) is 6.47. The predicted molar refractivity (Wildman–Crippen MR) is 86.4 cm³/mol. The highest BCUT2D eigenvalue weighted by atomic mass is 16.5. The summed E-state index contributed by atoms with van der Waals surface area (Å²) in [6.45, 7) is 10.0. The van der Waals surface area contributed by atoms with Gasteiger partial charge in [0.1, 0.15) is 0 Å². The van der Waals surface area contributed by atoms with Crippen LogP contribution in [0.4, 0.5) is 0 Å². The van der Waals surface area contributed by atoms with Crippen molar-refractivity contribution in [3.63, 3.8) is 0 Å². The summed E-state index contributed by atoms with van der Waals surface area (Å²) in [5.74, 6) is 0.833. The number of piperidine rings is 1. The van der Waals surface area contributed by atoms with Crippen LogP contribution in [0.15, 0.2) is 30.3 Å². The molecule has 3 rings (SSSR count). The molecule has 2 heterocycles. The standard InChI is InChI=1S/C18H28N2O/c1-18(2)14-21-17(16-6-4-3-5-7-16)13-20(18)12-15-8-10-19-11-9-15/h3-7,15,17,19H,8-14H2,1-2H3. The van der Waals surface area contributed by atoms with Gasteiger partial charge in [0.05, 0.1) is 12.7 Å². The van der Waals surface area contributed by atoms with Gasteiger partial charge >= 0.3 is 0 Å². The van der Waals surface area contributed by atoms with Crippen LogP contribution in [0.3, 0.4) is 0 Å². The van der Waals surface area contributed by atoms with Crippen molar-refractivity contribution >= 4 is 0 Å². The van der Waals surface area contributed by atoms with Gasteiger partial charge in [0.25, 0.3) is 0 Å². The van der Waals surface area contributed by atoms with Crippen LogP contribution in [0.25, 0.3) is 0 Å². The predicted octanol–water partition coefficient (Wildman–Crippen LogP) is 2.84. The quantitative estimate of drug-likeness (QED) is 0.925. The average molecular weight is 288 g/mol. The first kappa shape index (κ1) is 15.0. The molecule has 1 N–H and O–H groups in total. The van der Waals surface area contributed by atoms with Crippen LogP contribution in [-0.2, 0) is 4.74 Å². The molecular formula is C18H28N2O. The first-order valence-corrected chi connectivity index (χ1v) is 8.27. The van der Waals surface area contributed by atoms with E-state index in [-0.39, 0.29) is 11.6 Å². The molecule has 0 bridgehead atoms. The van der Waals surface area contributed by atoms with E-state index >= 15 is 0 Å². The van der Waals surface area contributed by atoms with Crippen LogP contribution in [-0.4, -0.2) is 43.2 Å². The fraction of sp³-hybridized carbons (Fsp3) is 0.667. The fourth-order valence-corrected chi connectivity index (χ4v) is 3.46. The van der Waals surface area contributed by atoms with Crippen LogP contribution >= 0.6 is 0 Å². The van der Waals surface area contributed by atoms with E-state index in [2.05, 4.69) is 54.4 Å². The lowest BCUT2D eigenvalue weighted by Crippen LogP contribution is -2.55. The summed E-state index contributed by atoms with van der Waals surface area (Å²) >= 11 is 0. The van der Waals surface area contributed by atoms with Gasteiger partial charge in [-0.3, -0.25) is 4.90 Å². The molecule has 0 spiro atoms. The van der Waals surface area contributed by atoms with E-state index in [0.29, 0.717) is 0 Å². The van der Waals surface area contributed by atoms with Gasteiger partial charge in [-0.2, -0.15) is 0 Å². The maximum Gasteiger partial charge on any atom is 0.0952 e. The Kier molecular flexibility index (Phi) is 4.63. The van der Waals surface area contributed by atoms with E-state index < -0.39 is 0 Å². The van der Waals surface area contributed by atoms with E-state index in [9.17, 15) is 0 Å². The van der Waals surface area contributed by atoms with Gasteiger partial charge in [0.2, 0.25) is 0 Å². The molecule has 2 aliphatic rings. The maximum absolute atomic E-state index is 6.14. The molecule has 0 aliphatic carbocycles. The number of rotatable bonds is 3. The smallest absolute Gasteiger partial charge is 0.0952 e. The van der Waals surface area contributed by atoms with Crippen LogP contribution in [0, 0.1) is 5.92 Å². The van der Waals surface area contributed by atoms with Crippen molar-refractivity contribution in [2.24, 2.45) is 5.92 Å². The Morgan fingerprint density at radius 1 is 1.19 bits per heavy atom. The van der Waals surface area contributed by atoms with Crippen molar-refractivity contribution in [2.75, 3.05) is 32.8 Å². The molecule has 1 aromatic rings. The van der Waals surface area contributed by atoms with Gasteiger partial charge in [-0.1, -0.05) is 30.3 Å². The molecule has 0 radical (unpaired) electrons. The molecule has 0 amide bonds. The monoisotopic (exact) mass is 288 g/mol. The largest absolute Gasteiger partial charge is 0.370 e. The van der Waals surface area contributed by atoms with E-state index in [1.807, 2.05) is 0 Å². The van der Waals surface area contributed by atoms with Crippen molar-refractivity contribution in [3.05, 3.63) is 35.9 Å². The Hall–Kier alpha value is -0.900. The summed E-state index contributed by atoms with van der Waals surface area (Å²) in [5.41, 5.74) is 1.46. The Morgan fingerprint density at radius 3 is 2.62 bits per heavy atom. The zero-order valence-corrected chi connectivity index (χ0v) is 13.3. The van der Waals surface area contributed by atoms with Crippen molar-refractivity contribution in [1.29, 1.82) is 0 Å². The fourth-order valence-electron chi connectivity index (χ4n) is 3.46. The van der Waals surface area contributed by atoms with Gasteiger partial charge < -0.3 is 10.1 Å². The third kappa shape index (κ3) is 3.65. The molecule has 1 unspecified atom stereocenters. The molecule has 21 heavy (non-hydrogen) atoms. The second-order valence-electron chi connectivity index (χ2n) is 7.12. The number of nitrogens with one attached hydrogen (secondary N) is 1. The lowest BCUT2D eigenvalue weighted by atomic mass is 9.92. The first-order valence-electron chi connectivity index (χ1n) is 8.27. The number of hydrogen-bond donors (Lipinski definition) is 1. The average Bonchev–Trinajstić information content (AvgIpc) is 2.51. The number of nitrogens with zero attached hydrogens (tertiary/aromatic N) is 1. The Bertz CT molecular complexity index is 440. The third-order valence-electron chi connectivity index (χ3n) is 4.99. The highest BCUT2D eigenvalue weighted by Crippen LogP contribution is 2.31. The molecular weight excluding hydrogens is 260 g/mol. The number of ether oxygens (including phenoxy) is 1. The van der Waals surface area contributed by atoms with E-state index in [1.54, 1.807) is 0 Å². The summed E-state index contributed by atoms with van der Waals surface area (Å²) in [6.07, 6.45) is 2.84. The minimum atomic E-state index is 0.149. The van der Waals surface area contributed by atoms with Gasteiger partial charge in [0, 0.05) is 18.6 Å². The SMILES string of the molecule is CC1(C)COC(c2ccccc2)CN1CC1CCNCC1. The van der Waals surface area contributed by atoms with Crippen LogP contribution in [0.5, 0.6) is 0 Å². The molecule has 0 saturated carbocycles. The summed E-state index contributed by atoms with van der Waals surface area (Å²) in [5, 5.41) is 3.46. The van der Waals surface area contributed by atoms with E-state index in [1.165, 1.54) is 38.0 Å². The highest BCUT2D eigenvalue weighted by molar-refractivity contribution is 5.18. The molecule has 3 heteroatoms. The molecule has 2 saturated heterocycles. The normalized spacial score (nSPS) is 27.6. The summed E-state index contributed by atoms with van der Waals surface area (Å²) in [7, 11) is 0. The Balaban J connectivity index is 1.67. The van der Waals surface area contributed by atoms with E-state index in [4.69, 9.17) is 4.74 Å². The third-order valence-corrected chi connectivity index (χ3v) is 4.99. The van der Waals surface area contributed by atoms with Gasteiger partial charge in [-0.25, -0.2) is 0 Å². The van der Waals surface area contributed by atoms with Gasteiger partial charge in [0.15, 0.2) is 0 Å². The summed E-state index contributed by atoms with van der Waals surface area (Å²) < 4.78 is 6.14. The Labute approximate surface area is 128 Å². The number of hydrogen-bond acceptors (Lipinski definition) is 3. The maximum atomic E-state index is 6.14. The molecule has 3 nitrogen and oxygen atoms in total. The topological polar surface area (TPSA) is 24.5 Å². The molecule has 2 fully saturated rings. The van der Waals surface area contributed by atoms with Gasteiger partial charge in [-0.05, 0) is 51.3 Å². The van der Waals surface area contributed by atoms with Crippen LogP contribution < -0.4 is 5.32 Å². The minimum Gasteiger partial charge on any atom is -0.370 e. The summed E-state index contributed by atoms with van der Waals surface area (Å²) in [6, 6.07) is 10.7. The van der Waals surface area contributed by atoms with Gasteiger partial charge in [-0.15, -0.1) is 0 Å². The van der Waals surface area contributed by atoms with Crippen LogP contribution in [0.1, 0.15) is 38.4 Å². The van der Waals surface area contributed by atoms with Crippen molar-refractivity contribution in [1.82, 2.24) is 10.2 Å². The highest BCUT2D eigenvalue weighted by Gasteiger charge is 2.36. The first-order chi connectivity index (χ1) is 10.1. The summed E-state index contributed by atoms with van der Waals surface area (Å²) in [4.78, 5) is 2.66. The minimum absolute atomic E-state index is 0.149. The van der Waals surface area contributed by atoms with Crippen molar-refractivity contribution in [3.8, 4) is 0 Å². The van der Waals surface area contributed by atoms with Crippen LogP contribution in [0.2, 0.25) is 0 Å². The molecule has 0 aromatic heterocycles.